The van der Waals surface area contributed by atoms with Gasteiger partial charge in [0.05, 0.1) is 0 Å². The van der Waals surface area contributed by atoms with E-state index in [1.54, 1.807) is 0 Å². The summed E-state index contributed by atoms with van der Waals surface area (Å²) in [7, 11) is 0. The van der Waals surface area contributed by atoms with Gasteiger partial charge >= 0.3 is 0 Å². The van der Waals surface area contributed by atoms with Crippen LogP contribution in [0.5, 0.6) is 0 Å². The molecule has 3 aromatic rings. The van der Waals surface area contributed by atoms with Crippen molar-refractivity contribution >= 4 is 16.8 Å². The minimum Gasteiger partial charge on any atom is -0.0836 e. The molecule has 0 spiro atoms. The van der Waals surface area contributed by atoms with Gasteiger partial charge in [-0.1, -0.05) is 81.5 Å². The lowest BCUT2D eigenvalue weighted by Crippen LogP contribution is -2.10. The highest BCUT2D eigenvalue weighted by molar-refractivity contribution is 5.96. The first-order chi connectivity index (χ1) is 11.5. The molecule has 0 bridgehead atoms. The molecule has 0 atom stereocenters. The monoisotopic (exact) mass is 312 g/mol. The number of benzene rings is 3. The summed E-state index contributed by atoms with van der Waals surface area (Å²) >= 11 is 0. The second-order valence-electron chi connectivity index (χ2n) is 7.81. The molecule has 0 nitrogen and oxygen atoms in total. The number of hydrogen-bond acceptors (Lipinski definition) is 0. The fourth-order valence-electron chi connectivity index (χ4n) is 3.72. The molecule has 0 unspecified atom stereocenters. The molecule has 0 amide bonds. The van der Waals surface area contributed by atoms with Crippen molar-refractivity contribution in [2.24, 2.45) is 0 Å². The maximum absolute atomic E-state index is 2.36. The van der Waals surface area contributed by atoms with Crippen LogP contribution < -0.4 is 0 Å². The molecule has 24 heavy (non-hydrogen) atoms. The van der Waals surface area contributed by atoms with E-state index in [0.717, 1.165) is 12.8 Å². The zero-order valence-corrected chi connectivity index (χ0v) is 14.8. The maximum atomic E-state index is 2.36. The van der Waals surface area contributed by atoms with Gasteiger partial charge in [-0.05, 0) is 62.9 Å². The third-order valence-corrected chi connectivity index (χ3v) is 5.11. The molecule has 120 valence electrons. The van der Waals surface area contributed by atoms with E-state index in [2.05, 4.69) is 87.5 Å². The first-order valence-electron chi connectivity index (χ1n) is 8.86. The van der Waals surface area contributed by atoms with Crippen molar-refractivity contribution in [3.63, 3.8) is 0 Å². The number of allylic oxidation sites excluding steroid dienone is 1. The van der Waals surface area contributed by atoms with Crippen LogP contribution in [0.4, 0.5) is 0 Å². The molecule has 0 heterocycles. The molecule has 0 aliphatic heterocycles. The molecule has 0 N–H and O–H groups in total. The van der Waals surface area contributed by atoms with Gasteiger partial charge in [0, 0.05) is 0 Å². The standard InChI is InChI=1S/C24H24/c1-24(2,3)19-14-12-17(13-15-19)23-16-18-8-4-5-9-20(18)21-10-6-7-11-22(21)23/h4-5,7-9,11-16H,6,10H2,1-3H3. The van der Waals surface area contributed by atoms with Crippen LogP contribution in [0.25, 0.3) is 28.0 Å². The lowest BCUT2D eigenvalue weighted by Gasteiger charge is -2.21. The summed E-state index contributed by atoms with van der Waals surface area (Å²) in [5.41, 5.74) is 7.17. The third-order valence-electron chi connectivity index (χ3n) is 5.11. The van der Waals surface area contributed by atoms with E-state index in [9.17, 15) is 0 Å². The Labute approximate surface area is 144 Å². The molecule has 0 aromatic heterocycles. The normalized spacial score (nSPS) is 14.0. The number of rotatable bonds is 1. The topological polar surface area (TPSA) is 0 Å². The molecule has 1 aliphatic carbocycles. The molecule has 0 saturated carbocycles. The molecule has 0 fully saturated rings. The Morgan fingerprint density at radius 1 is 0.875 bits per heavy atom. The molecular formula is C24H24. The Morgan fingerprint density at radius 2 is 1.62 bits per heavy atom. The summed E-state index contributed by atoms with van der Waals surface area (Å²) in [5, 5.41) is 2.76. The summed E-state index contributed by atoms with van der Waals surface area (Å²) in [6.07, 6.45) is 6.91. The molecule has 3 aromatic carbocycles. The fraction of sp³-hybridized carbons (Fsp3) is 0.250. The summed E-state index contributed by atoms with van der Waals surface area (Å²) in [6.45, 7) is 6.80. The number of hydrogen-bond donors (Lipinski definition) is 0. The van der Waals surface area contributed by atoms with Crippen LogP contribution in [-0.2, 0) is 11.8 Å². The number of aryl methyl sites for hydroxylation is 1. The van der Waals surface area contributed by atoms with E-state index < -0.39 is 0 Å². The quantitative estimate of drug-likeness (QED) is 0.465. The fourth-order valence-corrected chi connectivity index (χ4v) is 3.72. The second-order valence-corrected chi connectivity index (χ2v) is 7.81. The molecule has 0 radical (unpaired) electrons. The first-order valence-corrected chi connectivity index (χ1v) is 8.86. The average molecular weight is 312 g/mol. The van der Waals surface area contributed by atoms with E-state index in [1.807, 2.05) is 0 Å². The Hall–Kier alpha value is -2.34. The van der Waals surface area contributed by atoms with Crippen LogP contribution in [-0.4, -0.2) is 0 Å². The van der Waals surface area contributed by atoms with Crippen LogP contribution in [0.15, 0.2) is 60.7 Å². The summed E-state index contributed by atoms with van der Waals surface area (Å²) < 4.78 is 0. The second kappa shape index (κ2) is 5.63. The van der Waals surface area contributed by atoms with E-state index >= 15 is 0 Å². The van der Waals surface area contributed by atoms with Crippen LogP contribution >= 0.6 is 0 Å². The van der Waals surface area contributed by atoms with Gasteiger partial charge in [0.25, 0.3) is 0 Å². The van der Waals surface area contributed by atoms with Crippen LogP contribution in [0, 0.1) is 0 Å². The first kappa shape index (κ1) is 15.2. The van der Waals surface area contributed by atoms with Crippen molar-refractivity contribution < 1.29 is 0 Å². The summed E-state index contributed by atoms with van der Waals surface area (Å²) in [6, 6.07) is 20.3. The molecule has 0 heteroatoms. The van der Waals surface area contributed by atoms with Crippen molar-refractivity contribution in [3.8, 4) is 11.1 Å². The Balaban J connectivity index is 1.92. The third kappa shape index (κ3) is 2.57. The highest BCUT2D eigenvalue weighted by Gasteiger charge is 2.16. The SMILES string of the molecule is CC(C)(C)c1ccc(-c2cc3ccccc3c3c2C=CCC3)cc1. The Bertz CT molecular complexity index is 919. The van der Waals surface area contributed by atoms with Gasteiger partial charge in [-0.2, -0.15) is 0 Å². The van der Waals surface area contributed by atoms with Crippen LogP contribution in [0.2, 0.25) is 0 Å². The predicted octanol–water partition coefficient (Wildman–Crippen LogP) is 6.76. The van der Waals surface area contributed by atoms with Crippen molar-refractivity contribution in [3.05, 3.63) is 77.4 Å². The molecule has 0 saturated heterocycles. The van der Waals surface area contributed by atoms with Gasteiger partial charge in [0.15, 0.2) is 0 Å². The lowest BCUT2D eigenvalue weighted by atomic mass is 9.83. The van der Waals surface area contributed by atoms with Gasteiger partial charge in [0.2, 0.25) is 0 Å². The minimum absolute atomic E-state index is 0.196. The Kier molecular flexibility index (Phi) is 3.57. The van der Waals surface area contributed by atoms with Gasteiger partial charge < -0.3 is 0 Å². The lowest BCUT2D eigenvalue weighted by molar-refractivity contribution is 0.590. The summed E-state index contributed by atoms with van der Waals surface area (Å²) in [5.74, 6) is 0. The maximum Gasteiger partial charge on any atom is -0.0102 e. The molecule has 4 rings (SSSR count). The minimum atomic E-state index is 0.196. The molecular weight excluding hydrogens is 288 g/mol. The highest BCUT2D eigenvalue weighted by atomic mass is 14.2. The Morgan fingerprint density at radius 3 is 2.38 bits per heavy atom. The van der Waals surface area contributed by atoms with E-state index in [-0.39, 0.29) is 5.41 Å². The van der Waals surface area contributed by atoms with Gasteiger partial charge in [0.1, 0.15) is 0 Å². The van der Waals surface area contributed by atoms with Crippen molar-refractivity contribution in [1.29, 1.82) is 0 Å². The van der Waals surface area contributed by atoms with E-state index in [4.69, 9.17) is 0 Å². The largest absolute Gasteiger partial charge is 0.0836 e. The number of fused-ring (bicyclic) bond motifs is 3. The van der Waals surface area contributed by atoms with Crippen molar-refractivity contribution in [1.82, 2.24) is 0 Å². The highest BCUT2D eigenvalue weighted by Crippen LogP contribution is 2.37. The van der Waals surface area contributed by atoms with E-state index in [0.29, 0.717) is 0 Å². The smallest absolute Gasteiger partial charge is 0.0102 e. The predicted molar refractivity (Wildman–Crippen MR) is 105 cm³/mol. The molecule has 1 aliphatic rings. The van der Waals surface area contributed by atoms with E-state index in [1.165, 1.54) is 38.6 Å². The summed E-state index contributed by atoms with van der Waals surface area (Å²) in [4.78, 5) is 0. The zero-order valence-electron chi connectivity index (χ0n) is 14.8. The van der Waals surface area contributed by atoms with Crippen molar-refractivity contribution in [2.45, 2.75) is 39.0 Å². The van der Waals surface area contributed by atoms with Crippen molar-refractivity contribution in [2.75, 3.05) is 0 Å². The zero-order chi connectivity index (χ0) is 16.7. The van der Waals surface area contributed by atoms with Gasteiger partial charge in [-0.25, -0.2) is 0 Å². The average Bonchev–Trinajstić information content (AvgIpc) is 2.60. The van der Waals surface area contributed by atoms with Gasteiger partial charge in [-0.15, -0.1) is 0 Å². The van der Waals surface area contributed by atoms with Crippen LogP contribution in [0.3, 0.4) is 0 Å². The van der Waals surface area contributed by atoms with Gasteiger partial charge in [-0.3, -0.25) is 0 Å². The van der Waals surface area contributed by atoms with Crippen LogP contribution in [0.1, 0.15) is 43.9 Å².